The van der Waals surface area contributed by atoms with Gasteiger partial charge in [0.15, 0.2) is 24.6 Å². The van der Waals surface area contributed by atoms with Crippen molar-refractivity contribution in [3.8, 4) is 17.2 Å². The van der Waals surface area contributed by atoms with Gasteiger partial charge in [-0.1, -0.05) is 13.8 Å². The number of aromatic hydroxyl groups is 1. The lowest BCUT2D eigenvalue weighted by molar-refractivity contribution is -0.336. The molecule has 7 fully saturated rings. The van der Waals surface area contributed by atoms with Gasteiger partial charge in [0.05, 0.1) is 68.7 Å². The Balaban J connectivity index is 0.000000264. The van der Waals surface area contributed by atoms with E-state index in [1.165, 1.54) is 0 Å². The van der Waals surface area contributed by atoms with Gasteiger partial charge < -0.3 is 84.5 Å². The average Bonchev–Trinajstić information content (AvgIpc) is 3.05. The Bertz CT molecular complexity index is 2500. The zero-order chi connectivity index (χ0) is 57.2. The highest BCUT2D eigenvalue weighted by atomic mass is 127. The topological polar surface area (TPSA) is 296 Å². The number of rotatable bonds is 12. The largest absolute Gasteiger partial charge is 0.506 e. The van der Waals surface area contributed by atoms with Crippen molar-refractivity contribution in [1.82, 2.24) is 0 Å². The summed E-state index contributed by atoms with van der Waals surface area (Å²) in [4.78, 5) is 22.8. The minimum atomic E-state index is -1.02. The van der Waals surface area contributed by atoms with Crippen LogP contribution >= 0.6 is 90.4 Å². The van der Waals surface area contributed by atoms with Gasteiger partial charge in [-0.25, -0.2) is 4.79 Å². The number of phenols is 1. The highest BCUT2D eigenvalue weighted by molar-refractivity contribution is 14.1. The number of phenolic OH excluding ortho intramolecular Hbond substituents is 1. The number of benzene rings is 2. The molecule has 2 aromatic carbocycles. The third-order valence-corrected chi connectivity index (χ3v) is 22.2. The van der Waals surface area contributed by atoms with E-state index < -0.39 is 103 Å². The Hall–Kier alpha value is -0.880. The van der Waals surface area contributed by atoms with E-state index in [-0.39, 0.29) is 73.3 Å². The number of carboxylic acid groups (broad SMARTS) is 1. The molecule has 2 aromatic rings. The number of halogens is 4. The molecule has 19 nitrogen and oxygen atoms in total. The van der Waals surface area contributed by atoms with Crippen LogP contribution in [0.3, 0.4) is 0 Å². The van der Waals surface area contributed by atoms with Gasteiger partial charge in [-0.15, -0.1) is 0 Å². The van der Waals surface area contributed by atoms with Crippen LogP contribution in [-0.4, -0.2) is 157 Å². The SMILES string of the molecule is C[C@H]1O[C@@H](O[C@H]2[C@@H](O)C[C@H](O[C@H]3[C@@H](O)C[C@H](O[C@H]4CC[C@@]5(C)[C@H](CC[C@@H]6[C@@H]5C[C@@H](O)[C@]5(C)[C@@H](C7=CC(=O)OC7)CC[C@]65O)C4)O[C@@H]3C)O[C@@H]2C)C[C@H](O)[C@@H]1O.N[C@@H](Cc1cc(I)c(Oc2cc(I)c(O)c(I)c2)c(I)c1)C(=O)O. The molecule has 3 saturated heterocycles. The normalized spacial score (nSPS) is 42.3. The van der Waals surface area contributed by atoms with E-state index in [1.807, 2.05) is 26.0 Å². The number of nitrogens with two attached hydrogens (primary N) is 1. The first-order valence-electron chi connectivity index (χ1n) is 27.4. The van der Waals surface area contributed by atoms with Gasteiger partial charge in [0.25, 0.3) is 0 Å². The number of carbonyl (C=O) groups is 2. The molecule has 440 valence electrons. The van der Waals surface area contributed by atoms with Crippen molar-refractivity contribution >= 4 is 102 Å². The van der Waals surface area contributed by atoms with Crippen molar-refractivity contribution in [2.75, 3.05) is 6.61 Å². The standard InChI is InChI=1S/C41H64O14.C15H11I4NO4/c1-19-36(47)28(42)15-34(50-19)54-38-21(3)52-35(17-30(38)44)55-37-20(2)51-33(16-29(37)43)53-24-8-10-39(4)23(13-24)6-7-26-27(39)14-31(45)40(5)25(9-11-41(26,40)48)22-12-32(46)49-18-22;16-8-4-7(5-9(17)13(8)21)24-14-10(18)1-6(2-11(14)19)3-12(20)15(22)23/h12,19-21,23-31,33-38,42-45,47-48H,6-11,13-18H2,1-5H3;1-2,4-5,12,21H,3,20H2,(H,22,23)/t19-,20-,21-,23-,24+,25-,26-,27+,28+,29+,30+,31-,33+,34+,35+,36-,37-,38-,39+,40+,41+;12-/m10/s1. The molecule has 4 aliphatic carbocycles. The highest BCUT2D eigenvalue weighted by Crippen LogP contribution is 2.70. The zero-order valence-electron chi connectivity index (χ0n) is 44.8. The maximum atomic E-state index is 12.6. The zero-order valence-corrected chi connectivity index (χ0v) is 53.4. The molecule has 8 aliphatic rings. The monoisotopic (exact) mass is 1560 g/mol. The van der Waals surface area contributed by atoms with Crippen LogP contribution in [0.15, 0.2) is 35.9 Å². The van der Waals surface area contributed by atoms with Crippen LogP contribution in [0.1, 0.15) is 111 Å². The lowest BCUT2D eigenvalue weighted by Crippen LogP contribution is -2.67. The van der Waals surface area contributed by atoms with Crippen LogP contribution in [-0.2, 0) is 49.2 Å². The van der Waals surface area contributed by atoms with Crippen molar-refractivity contribution in [3.63, 3.8) is 0 Å². The van der Waals surface area contributed by atoms with Crippen LogP contribution < -0.4 is 10.5 Å². The molecule has 10 N–H and O–H groups in total. The van der Waals surface area contributed by atoms with E-state index in [1.54, 1.807) is 32.1 Å². The number of aliphatic hydroxyl groups excluding tert-OH is 5. The first-order valence-corrected chi connectivity index (χ1v) is 31.8. The first kappa shape index (κ1) is 62.6. The fourth-order valence-corrected chi connectivity index (χ4v) is 18.5. The summed E-state index contributed by atoms with van der Waals surface area (Å²) in [6.45, 7) is 9.90. The Morgan fingerprint density at radius 2 is 1.30 bits per heavy atom. The van der Waals surface area contributed by atoms with Crippen molar-refractivity contribution in [2.24, 2.45) is 40.2 Å². The van der Waals surface area contributed by atoms with Crippen LogP contribution in [0, 0.1) is 48.8 Å². The van der Waals surface area contributed by atoms with Crippen LogP contribution in [0.25, 0.3) is 0 Å². The van der Waals surface area contributed by atoms with E-state index >= 15 is 0 Å². The molecule has 4 aliphatic heterocycles. The molecule has 0 spiro atoms. The van der Waals surface area contributed by atoms with Crippen molar-refractivity contribution in [3.05, 3.63) is 55.8 Å². The minimum Gasteiger partial charge on any atom is -0.506 e. The molecule has 0 bridgehead atoms. The predicted octanol–water partition coefficient (Wildman–Crippen LogP) is 6.78. The number of aliphatic hydroxyl groups is 6. The summed E-state index contributed by atoms with van der Waals surface area (Å²) in [6.07, 6.45) is -1.25. The number of esters is 1. The summed E-state index contributed by atoms with van der Waals surface area (Å²) in [5, 5.41) is 85.6. The molecule has 0 aromatic heterocycles. The quantitative estimate of drug-likeness (QED) is 0.0601. The van der Waals surface area contributed by atoms with Crippen LogP contribution in [0.5, 0.6) is 17.2 Å². The number of ether oxygens (including phenoxy) is 8. The predicted molar refractivity (Wildman–Crippen MR) is 317 cm³/mol. The van der Waals surface area contributed by atoms with Gasteiger partial charge in [0.2, 0.25) is 0 Å². The third-order valence-electron chi connectivity index (χ3n) is 19.0. The number of aliphatic carboxylic acids is 1. The second kappa shape index (κ2) is 25.2. The summed E-state index contributed by atoms with van der Waals surface area (Å²) in [5.74, 6) is 0.753. The lowest BCUT2D eigenvalue weighted by Gasteiger charge is -2.65. The Labute approximate surface area is 515 Å². The third kappa shape index (κ3) is 12.8. The Morgan fingerprint density at radius 3 is 1.85 bits per heavy atom. The van der Waals surface area contributed by atoms with E-state index in [9.17, 15) is 45.3 Å². The van der Waals surface area contributed by atoms with Gasteiger partial charge in [0.1, 0.15) is 42.5 Å². The molecule has 22 atom stereocenters. The Morgan fingerprint density at radius 1 is 0.734 bits per heavy atom. The summed E-state index contributed by atoms with van der Waals surface area (Å²) >= 11 is 8.42. The summed E-state index contributed by atoms with van der Waals surface area (Å²) in [5.41, 5.74) is 5.55. The van der Waals surface area contributed by atoms with Gasteiger partial charge in [-0.2, -0.15) is 0 Å². The molecular formula is C56H75I4NO18. The number of carbonyl (C=O) groups excluding carboxylic acids is 1. The molecule has 4 heterocycles. The summed E-state index contributed by atoms with van der Waals surface area (Å²) in [7, 11) is 0. The molecular weight excluding hydrogens is 1480 g/mol. The average molecular weight is 1560 g/mol. The molecule has 0 unspecified atom stereocenters. The van der Waals surface area contributed by atoms with Crippen molar-refractivity contribution < 1.29 is 88.3 Å². The second-order valence-electron chi connectivity index (χ2n) is 23.7. The maximum absolute atomic E-state index is 12.6. The number of carboxylic acids is 1. The minimum absolute atomic E-state index is 0.0452. The molecule has 10 rings (SSSR count). The maximum Gasteiger partial charge on any atom is 0.331 e. The van der Waals surface area contributed by atoms with Crippen LogP contribution in [0.2, 0.25) is 0 Å². The molecule has 0 amide bonds. The van der Waals surface area contributed by atoms with Gasteiger partial charge in [-0.05, 0) is 233 Å². The van der Waals surface area contributed by atoms with Crippen molar-refractivity contribution in [2.45, 2.75) is 209 Å². The van der Waals surface area contributed by atoms with Gasteiger partial charge in [0, 0.05) is 30.8 Å². The molecule has 23 heteroatoms. The summed E-state index contributed by atoms with van der Waals surface area (Å²) < 4.78 is 51.2. The van der Waals surface area contributed by atoms with E-state index in [0.29, 0.717) is 37.4 Å². The summed E-state index contributed by atoms with van der Waals surface area (Å²) in [6, 6.07) is 6.34. The molecule has 0 radical (unpaired) electrons. The van der Waals surface area contributed by atoms with Gasteiger partial charge in [-0.3, -0.25) is 4.79 Å². The van der Waals surface area contributed by atoms with E-state index in [0.717, 1.165) is 56.8 Å². The molecule has 79 heavy (non-hydrogen) atoms. The van der Waals surface area contributed by atoms with Gasteiger partial charge >= 0.3 is 11.9 Å². The van der Waals surface area contributed by atoms with Crippen molar-refractivity contribution in [1.29, 1.82) is 0 Å². The Kier molecular flexibility index (Phi) is 20.0. The fourth-order valence-electron chi connectivity index (χ4n) is 14.7. The first-order chi connectivity index (χ1) is 37.2. The van der Waals surface area contributed by atoms with E-state index in [2.05, 4.69) is 97.3 Å². The number of cyclic esters (lactones) is 1. The van der Waals surface area contributed by atoms with E-state index in [4.69, 9.17) is 48.7 Å². The smallest absolute Gasteiger partial charge is 0.331 e. The number of fused-ring (bicyclic) bond motifs is 5. The number of hydrogen-bond donors (Lipinski definition) is 9. The lowest BCUT2D eigenvalue weighted by atomic mass is 9.42. The number of hydrogen-bond acceptors (Lipinski definition) is 18. The molecule has 4 saturated carbocycles. The fraction of sp³-hybridized carbons (Fsp3) is 0.714. The highest BCUT2D eigenvalue weighted by Gasteiger charge is 2.71. The second-order valence-corrected chi connectivity index (χ2v) is 28.3. The van der Waals surface area contributed by atoms with Crippen LogP contribution in [0.4, 0.5) is 0 Å².